The van der Waals surface area contributed by atoms with Crippen LogP contribution in [0.2, 0.25) is 0 Å². The molecule has 10 nitrogen and oxygen atoms in total. The second kappa shape index (κ2) is 10.8. The molecule has 5 aromatic rings. The number of anilines is 2. The van der Waals surface area contributed by atoms with Crippen LogP contribution in [0.4, 0.5) is 11.6 Å². The Bertz CT molecular complexity index is 1820. The number of benzene rings is 1. The fourth-order valence-electron chi connectivity index (χ4n) is 6.10. The molecule has 4 aromatic heterocycles. The summed E-state index contributed by atoms with van der Waals surface area (Å²) in [5, 5.41) is 19.0. The average Bonchev–Trinajstić information content (AvgIpc) is 3.69. The molecule has 1 fully saturated rings. The summed E-state index contributed by atoms with van der Waals surface area (Å²) >= 11 is 0. The van der Waals surface area contributed by atoms with Gasteiger partial charge in [0.2, 0.25) is 5.95 Å². The van der Waals surface area contributed by atoms with E-state index in [0.29, 0.717) is 28.5 Å². The molecule has 1 saturated carbocycles. The predicted molar refractivity (Wildman–Crippen MR) is 166 cm³/mol. The van der Waals surface area contributed by atoms with E-state index >= 15 is 0 Å². The molecule has 1 aliphatic carbocycles. The molecule has 3 N–H and O–H groups in total. The van der Waals surface area contributed by atoms with Gasteiger partial charge in [-0.2, -0.15) is 4.98 Å². The van der Waals surface area contributed by atoms with Crippen LogP contribution in [0.3, 0.4) is 0 Å². The first-order valence-corrected chi connectivity index (χ1v) is 14.6. The SMILES string of the molecule is C=CCn1c(=O)c2cnc(Nc3ccc4c(ccn4CCC4(NC)CCCC4)c3)nc2n1-c1cccc(C(C)(C)O)n1. The molecule has 1 aliphatic rings. The van der Waals surface area contributed by atoms with Crippen molar-refractivity contribution in [3.8, 4) is 5.82 Å². The maximum absolute atomic E-state index is 13.3. The summed E-state index contributed by atoms with van der Waals surface area (Å²) in [6.07, 6.45) is 11.5. The Labute approximate surface area is 244 Å². The van der Waals surface area contributed by atoms with E-state index in [-0.39, 0.29) is 17.6 Å². The quantitative estimate of drug-likeness (QED) is 0.204. The maximum Gasteiger partial charge on any atom is 0.278 e. The molecular formula is C32H38N8O2. The molecule has 0 saturated heterocycles. The summed E-state index contributed by atoms with van der Waals surface area (Å²) in [4.78, 5) is 27.2. The summed E-state index contributed by atoms with van der Waals surface area (Å²) in [5.74, 6) is 0.829. The van der Waals surface area contributed by atoms with Crippen molar-refractivity contribution in [1.29, 1.82) is 0 Å². The minimum absolute atomic E-state index is 0.243. The number of rotatable bonds is 10. The topological polar surface area (TPSA) is 115 Å². The molecule has 0 aliphatic heterocycles. The van der Waals surface area contributed by atoms with Crippen LogP contribution in [-0.4, -0.2) is 46.6 Å². The van der Waals surface area contributed by atoms with Crippen molar-refractivity contribution in [2.24, 2.45) is 0 Å². The van der Waals surface area contributed by atoms with E-state index in [2.05, 4.69) is 63.2 Å². The van der Waals surface area contributed by atoms with Crippen molar-refractivity contribution >= 4 is 33.6 Å². The van der Waals surface area contributed by atoms with Gasteiger partial charge in [-0.15, -0.1) is 6.58 Å². The van der Waals surface area contributed by atoms with Gasteiger partial charge in [0.25, 0.3) is 5.56 Å². The fourth-order valence-corrected chi connectivity index (χ4v) is 6.10. The number of nitrogens with one attached hydrogen (secondary N) is 2. The normalized spacial score (nSPS) is 15.0. The second-order valence-electron chi connectivity index (χ2n) is 11.8. The number of aryl methyl sites for hydroxylation is 1. The van der Waals surface area contributed by atoms with Crippen LogP contribution >= 0.6 is 0 Å². The highest BCUT2D eigenvalue weighted by Crippen LogP contribution is 2.33. The van der Waals surface area contributed by atoms with Crippen molar-refractivity contribution in [1.82, 2.24) is 34.2 Å². The highest BCUT2D eigenvalue weighted by atomic mass is 16.3. The third-order valence-corrected chi connectivity index (χ3v) is 8.51. The number of fused-ring (bicyclic) bond motifs is 2. The Kier molecular flexibility index (Phi) is 7.20. The molecule has 218 valence electrons. The number of nitrogens with zero attached hydrogens (tertiary/aromatic N) is 6. The molecule has 4 heterocycles. The van der Waals surface area contributed by atoms with E-state index in [1.54, 1.807) is 49.0 Å². The molecular weight excluding hydrogens is 528 g/mol. The molecule has 0 atom stereocenters. The summed E-state index contributed by atoms with van der Waals surface area (Å²) in [5.41, 5.74) is 1.80. The van der Waals surface area contributed by atoms with Crippen molar-refractivity contribution in [2.75, 3.05) is 12.4 Å². The van der Waals surface area contributed by atoms with Crippen LogP contribution < -0.4 is 16.2 Å². The number of aromatic nitrogens is 6. The predicted octanol–water partition coefficient (Wildman–Crippen LogP) is 5.01. The third-order valence-electron chi connectivity index (χ3n) is 8.51. The molecule has 0 bridgehead atoms. The molecule has 0 spiro atoms. The van der Waals surface area contributed by atoms with E-state index in [1.807, 2.05) is 6.07 Å². The van der Waals surface area contributed by atoms with Gasteiger partial charge in [-0.05, 0) is 76.6 Å². The van der Waals surface area contributed by atoms with E-state index in [0.717, 1.165) is 24.0 Å². The smallest absolute Gasteiger partial charge is 0.278 e. The summed E-state index contributed by atoms with van der Waals surface area (Å²) < 4.78 is 5.51. The van der Waals surface area contributed by atoms with E-state index < -0.39 is 5.60 Å². The standard InChI is InChI=1S/C32H38N8O2/c1-5-17-39-29(41)24-21-34-30(37-28(24)40(39)27-10-8-9-26(36-27)31(2,3)42)35-23-11-12-25-22(20-23)13-18-38(25)19-16-32(33-4)14-6-7-15-32/h5,8-13,18,20-21,33,42H,1,6-7,14-17,19H2,2-4H3,(H,34,35,37). The van der Waals surface area contributed by atoms with Gasteiger partial charge in [-0.3, -0.25) is 4.79 Å². The highest BCUT2D eigenvalue weighted by molar-refractivity contribution is 5.85. The van der Waals surface area contributed by atoms with Gasteiger partial charge in [0.1, 0.15) is 11.0 Å². The van der Waals surface area contributed by atoms with Crippen molar-refractivity contribution < 1.29 is 5.11 Å². The lowest BCUT2D eigenvalue weighted by atomic mass is 9.93. The lowest BCUT2D eigenvalue weighted by Crippen LogP contribution is -2.40. The second-order valence-corrected chi connectivity index (χ2v) is 11.8. The lowest BCUT2D eigenvalue weighted by Gasteiger charge is -2.29. The molecule has 6 rings (SSSR count). The number of aliphatic hydroxyl groups is 1. The monoisotopic (exact) mass is 566 g/mol. The van der Waals surface area contributed by atoms with Gasteiger partial charge in [0.15, 0.2) is 11.5 Å². The fraction of sp³-hybridized carbons (Fsp3) is 0.375. The molecule has 42 heavy (non-hydrogen) atoms. The van der Waals surface area contributed by atoms with Crippen LogP contribution in [-0.2, 0) is 18.7 Å². The first-order chi connectivity index (χ1) is 20.2. The van der Waals surface area contributed by atoms with E-state index in [9.17, 15) is 9.90 Å². The minimum Gasteiger partial charge on any atom is -0.384 e. The molecule has 0 radical (unpaired) electrons. The van der Waals surface area contributed by atoms with Gasteiger partial charge in [-0.25, -0.2) is 19.3 Å². The van der Waals surface area contributed by atoms with Crippen molar-refractivity contribution in [3.63, 3.8) is 0 Å². The zero-order valence-corrected chi connectivity index (χ0v) is 24.5. The third kappa shape index (κ3) is 5.12. The van der Waals surface area contributed by atoms with Gasteiger partial charge in [-0.1, -0.05) is 25.0 Å². The minimum atomic E-state index is -1.15. The summed E-state index contributed by atoms with van der Waals surface area (Å²) in [6, 6.07) is 13.7. The van der Waals surface area contributed by atoms with Gasteiger partial charge < -0.3 is 20.3 Å². The Morgan fingerprint density at radius 1 is 1.14 bits per heavy atom. The molecule has 1 aromatic carbocycles. The zero-order valence-electron chi connectivity index (χ0n) is 24.5. The Balaban J connectivity index is 1.32. The van der Waals surface area contributed by atoms with Gasteiger partial charge in [0.05, 0.1) is 12.2 Å². The number of hydrogen-bond acceptors (Lipinski definition) is 7. The maximum atomic E-state index is 13.3. The first kappa shape index (κ1) is 27.9. The highest BCUT2D eigenvalue weighted by Gasteiger charge is 2.31. The number of hydrogen-bond donors (Lipinski definition) is 3. The van der Waals surface area contributed by atoms with Gasteiger partial charge >= 0.3 is 0 Å². The van der Waals surface area contributed by atoms with E-state index in [1.165, 1.54) is 35.9 Å². The van der Waals surface area contributed by atoms with Gasteiger partial charge in [0, 0.05) is 41.1 Å². The van der Waals surface area contributed by atoms with Crippen LogP contribution in [0.5, 0.6) is 0 Å². The first-order valence-electron chi connectivity index (χ1n) is 14.6. The summed E-state index contributed by atoms with van der Waals surface area (Å²) in [6.45, 7) is 8.39. The number of allylic oxidation sites excluding steroid dienone is 1. The van der Waals surface area contributed by atoms with Crippen LogP contribution in [0, 0.1) is 0 Å². The molecule has 0 amide bonds. The average molecular weight is 567 g/mol. The Hall–Kier alpha value is -4.28. The lowest BCUT2D eigenvalue weighted by molar-refractivity contribution is 0.0738. The summed E-state index contributed by atoms with van der Waals surface area (Å²) in [7, 11) is 2.09. The van der Waals surface area contributed by atoms with E-state index in [4.69, 9.17) is 4.98 Å². The van der Waals surface area contributed by atoms with Crippen LogP contribution in [0.15, 0.2) is 72.3 Å². The Morgan fingerprint density at radius 2 is 1.95 bits per heavy atom. The Morgan fingerprint density at radius 3 is 2.69 bits per heavy atom. The molecule has 10 heteroatoms. The largest absolute Gasteiger partial charge is 0.384 e. The van der Waals surface area contributed by atoms with Crippen molar-refractivity contribution in [3.05, 3.63) is 83.6 Å². The zero-order chi connectivity index (χ0) is 29.5. The van der Waals surface area contributed by atoms with Crippen molar-refractivity contribution in [2.45, 2.75) is 70.2 Å². The van der Waals surface area contributed by atoms with Crippen LogP contribution in [0.1, 0.15) is 51.6 Å². The van der Waals surface area contributed by atoms with Crippen LogP contribution in [0.25, 0.3) is 27.8 Å². The number of pyridine rings is 1. The molecule has 0 unspecified atom stereocenters.